The molecule has 0 aliphatic heterocycles. The van der Waals surface area contributed by atoms with Gasteiger partial charge in [0.25, 0.3) is 0 Å². The Hall–Kier alpha value is -3.06. The molecular formula is C22H23N3O. The van der Waals surface area contributed by atoms with E-state index in [-0.39, 0.29) is 5.91 Å². The van der Waals surface area contributed by atoms with E-state index in [4.69, 9.17) is 5.26 Å². The van der Waals surface area contributed by atoms with Crippen molar-refractivity contribution in [3.8, 4) is 6.07 Å². The molecule has 0 radical (unpaired) electrons. The van der Waals surface area contributed by atoms with E-state index in [0.717, 1.165) is 40.7 Å². The van der Waals surface area contributed by atoms with Crippen molar-refractivity contribution in [2.24, 2.45) is 0 Å². The molecule has 0 unspecified atom stereocenters. The maximum atomic E-state index is 13.0. The lowest BCUT2D eigenvalue weighted by atomic mass is 10.1. The van der Waals surface area contributed by atoms with Crippen molar-refractivity contribution in [1.82, 2.24) is 9.88 Å². The summed E-state index contributed by atoms with van der Waals surface area (Å²) in [6.07, 6.45) is 1.31. The lowest BCUT2D eigenvalue weighted by Gasteiger charge is -2.22. The molecule has 0 aliphatic rings. The number of hydrogen-bond acceptors (Lipinski definition) is 2. The van der Waals surface area contributed by atoms with Crippen molar-refractivity contribution in [3.05, 3.63) is 70.9 Å². The number of carbonyl (C=O) groups is 1. The zero-order valence-corrected chi connectivity index (χ0v) is 15.2. The predicted molar refractivity (Wildman–Crippen MR) is 104 cm³/mol. The third-order valence-electron chi connectivity index (χ3n) is 4.66. The molecule has 0 saturated carbocycles. The summed E-state index contributed by atoms with van der Waals surface area (Å²) >= 11 is 0. The average molecular weight is 345 g/mol. The van der Waals surface area contributed by atoms with Gasteiger partial charge in [0.2, 0.25) is 5.91 Å². The largest absolute Gasteiger partial charge is 0.358 e. The van der Waals surface area contributed by atoms with E-state index in [1.54, 1.807) is 12.1 Å². The zero-order chi connectivity index (χ0) is 18.5. The summed E-state index contributed by atoms with van der Waals surface area (Å²) in [7, 11) is 0. The highest BCUT2D eigenvalue weighted by atomic mass is 16.2. The van der Waals surface area contributed by atoms with Crippen LogP contribution in [0.4, 0.5) is 0 Å². The highest BCUT2D eigenvalue weighted by Crippen LogP contribution is 2.23. The normalized spacial score (nSPS) is 10.7. The third-order valence-corrected chi connectivity index (χ3v) is 4.66. The van der Waals surface area contributed by atoms with Crippen LogP contribution in [0.5, 0.6) is 0 Å². The summed E-state index contributed by atoms with van der Waals surface area (Å²) in [6, 6.07) is 17.7. The number of nitriles is 1. The van der Waals surface area contributed by atoms with Gasteiger partial charge in [0.15, 0.2) is 0 Å². The number of aromatic amines is 1. The van der Waals surface area contributed by atoms with E-state index in [1.165, 1.54) is 0 Å². The minimum atomic E-state index is 0.129. The third kappa shape index (κ3) is 3.78. The number of amides is 1. The Balaban J connectivity index is 1.79. The maximum Gasteiger partial charge on any atom is 0.227 e. The van der Waals surface area contributed by atoms with Crippen molar-refractivity contribution in [1.29, 1.82) is 5.26 Å². The summed E-state index contributed by atoms with van der Waals surface area (Å²) < 4.78 is 0. The van der Waals surface area contributed by atoms with Crippen molar-refractivity contribution < 1.29 is 4.79 Å². The van der Waals surface area contributed by atoms with E-state index in [1.807, 2.05) is 42.2 Å². The molecule has 1 amide bonds. The second-order valence-electron chi connectivity index (χ2n) is 6.57. The van der Waals surface area contributed by atoms with E-state index < -0.39 is 0 Å². The average Bonchev–Trinajstić information content (AvgIpc) is 2.97. The molecule has 1 aromatic heterocycles. The first-order valence-corrected chi connectivity index (χ1v) is 8.95. The van der Waals surface area contributed by atoms with Gasteiger partial charge in [-0.15, -0.1) is 0 Å². The number of nitrogens with zero attached hydrogens (tertiary/aromatic N) is 2. The second kappa shape index (κ2) is 7.88. The van der Waals surface area contributed by atoms with Gasteiger partial charge in [0.05, 0.1) is 18.1 Å². The van der Waals surface area contributed by atoms with E-state index in [2.05, 4.69) is 24.0 Å². The Morgan fingerprint density at radius 1 is 1.15 bits per heavy atom. The molecule has 2 aromatic carbocycles. The summed E-state index contributed by atoms with van der Waals surface area (Å²) in [5, 5.41) is 10.0. The number of hydrogen-bond donors (Lipinski definition) is 1. The van der Waals surface area contributed by atoms with Crippen LogP contribution in [-0.2, 0) is 17.8 Å². The number of carbonyl (C=O) groups excluding carboxylic acids is 1. The summed E-state index contributed by atoms with van der Waals surface area (Å²) in [5.41, 5.74) is 4.88. The minimum absolute atomic E-state index is 0.129. The monoisotopic (exact) mass is 345 g/mol. The van der Waals surface area contributed by atoms with Gasteiger partial charge in [0, 0.05) is 29.7 Å². The Kier molecular flexibility index (Phi) is 5.38. The van der Waals surface area contributed by atoms with Crippen molar-refractivity contribution in [2.45, 2.75) is 33.2 Å². The molecule has 26 heavy (non-hydrogen) atoms. The van der Waals surface area contributed by atoms with E-state index >= 15 is 0 Å². The van der Waals surface area contributed by atoms with E-state index in [0.29, 0.717) is 18.5 Å². The van der Waals surface area contributed by atoms with Gasteiger partial charge in [-0.2, -0.15) is 5.26 Å². The number of para-hydroxylation sites is 1. The fourth-order valence-corrected chi connectivity index (χ4v) is 3.29. The topological polar surface area (TPSA) is 59.9 Å². The molecule has 0 spiro atoms. The molecule has 3 rings (SSSR count). The second-order valence-corrected chi connectivity index (χ2v) is 6.57. The fourth-order valence-electron chi connectivity index (χ4n) is 3.29. The lowest BCUT2D eigenvalue weighted by Crippen LogP contribution is -2.32. The van der Waals surface area contributed by atoms with Crippen molar-refractivity contribution in [3.63, 3.8) is 0 Å². The van der Waals surface area contributed by atoms with Crippen LogP contribution in [0.25, 0.3) is 10.9 Å². The van der Waals surface area contributed by atoms with Crippen molar-refractivity contribution >= 4 is 16.8 Å². The molecule has 4 heteroatoms. The SMILES string of the molecule is CCCN(Cc1ccc(C#N)cc1)C(=O)Cc1c(C)[nH]c2ccccc12. The van der Waals surface area contributed by atoms with Gasteiger partial charge in [-0.05, 0) is 42.7 Å². The quantitative estimate of drug-likeness (QED) is 0.723. The number of H-pyrrole nitrogens is 1. The van der Waals surface area contributed by atoms with Gasteiger partial charge in [0.1, 0.15) is 0 Å². The number of nitrogens with one attached hydrogen (secondary N) is 1. The van der Waals surface area contributed by atoms with Crippen LogP contribution >= 0.6 is 0 Å². The predicted octanol–water partition coefficient (Wildman–Crippen LogP) is 4.33. The zero-order valence-electron chi connectivity index (χ0n) is 15.2. The molecule has 0 atom stereocenters. The van der Waals surface area contributed by atoms with Crippen LogP contribution in [-0.4, -0.2) is 22.3 Å². The van der Waals surface area contributed by atoms with Crippen LogP contribution in [0.2, 0.25) is 0 Å². The van der Waals surface area contributed by atoms with Gasteiger partial charge in [-0.1, -0.05) is 37.3 Å². The number of fused-ring (bicyclic) bond motifs is 1. The smallest absolute Gasteiger partial charge is 0.227 e. The fraction of sp³-hybridized carbons (Fsp3) is 0.273. The molecule has 0 fully saturated rings. The minimum Gasteiger partial charge on any atom is -0.358 e. The molecule has 132 valence electrons. The molecule has 1 heterocycles. The lowest BCUT2D eigenvalue weighted by molar-refractivity contribution is -0.131. The number of benzene rings is 2. The number of aromatic nitrogens is 1. The maximum absolute atomic E-state index is 13.0. The highest BCUT2D eigenvalue weighted by Gasteiger charge is 2.17. The van der Waals surface area contributed by atoms with Crippen molar-refractivity contribution in [2.75, 3.05) is 6.54 Å². The summed E-state index contributed by atoms with van der Waals surface area (Å²) in [4.78, 5) is 18.3. The van der Waals surface area contributed by atoms with Crippen LogP contribution in [0.15, 0.2) is 48.5 Å². The molecular weight excluding hydrogens is 322 g/mol. The van der Waals surface area contributed by atoms with Gasteiger partial charge < -0.3 is 9.88 Å². The first-order valence-electron chi connectivity index (χ1n) is 8.95. The molecule has 0 saturated heterocycles. The molecule has 1 N–H and O–H groups in total. The van der Waals surface area contributed by atoms with Gasteiger partial charge >= 0.3 is 0 Å². The Morgan fingerprint density at radius 2 is 1.88 bits per heavy atom. The van der Waals surface area contributed by atoms with Crippen LogP contribution in [0.3, 0.4) is 0 Å². The summed E-state index contributed by atoms with van der Waals surface area (Å²) in [6.45, 7) is 5.39. The van der Waals surface area contributed by atoms with Gasteiger partial charge in [-0.3, -0.25) is 4.79 Å². The Labute approximate surface area is 154 Å². The van der Waals surface area contributed by atoms with Crippen LogP contribution in [0, 0.1) is 18.3 Å². The Morgan fingerprint density at radius 3 is 2.58 bits per heavy atom. The standard InChI is InChI=1S/C22H23N3O/c1-3-12-25(15-18-10-8-17(14-23)9-11-18)22(26)13-20-16(2)24-21-7-5-4-6-19(20)21/h4-11,24H,3,12-13,15H2,1-2H3. The van der Waals surface area contributed by atoms with Gasteiger partial charge in [-0.25, -0.2) is 0 Å². The molecule has 0 aliphatic carbocycles. The molecule has 4 nitrogen and oxygen atoms in total. The van der Waals surface area contributed by atoms with Crippen LogP contribution < -0.4 is 0 Å². The summed E-state index contributed by atoms with van der Waals surface area (Å²) in [5.74, 6) is 0.129. The number of rotatable bonds is 6. The molecule has 3 aromatic rings. The van der Waals surface area contributed by atoms with E-state index in [9.17, 15) is 4.79 Å². The van der Waals surface area contributed by atoms with Crippen LogP contribution in [0.1, 0.15) is 35.7 Å². The first kappa shape index (κ1) is 17.8. The number of aryl methyl sites for hydroxylation is 1. The Bertz CT molecular complexity index is 948. The first-order chi connectivity index (χ1) is 12.6. The highest BCUT2D eigenvalue weighted by molar-refractivity contribution is 5.90. The molecule has 0 bridgehead atoms.